The molecule has 0 saturated carbocycles. The van der Waals surface area contributed by atoms with Gasteiger partial charge in [0.15, 0.2) is 12.4 Å². The van der Waals surface area contributed by atoms with Gasteiger partial charge in [-0.1, -0.05) is 6.07 Å². The van der Waals surface area contributed by atoms with Gasteiger partial charge in [-0.05, 0) is 12.5 Å². The van der Waals surface area contributed by atoms with Gasteiger partial charge in [-0.15, -0.1) is 0 Å². The molecule has 0 saturated heterocycles. The summed E-state index contributed by atoms with van der Waals surface area (Å²) in [5.41, 5.74) is 0.223. The molecule has 0 bridgehead atoms. The van der Waals surface area contributed by atoms with E-state index in [-0.39, 0.29) is 28.6 Å². The first kappa shape index (κ1) is 20.6. The number of aromatic nitrogens is 1. The first-order chi connectivity index (χ1) is 11.6. The zero-order valence-corrected chi connectivity index (χ0v) is 15.4. The molecule has 2 aromatic rings. The number of rotatable bonds is 8. The van der Waals surface area contributed by atoms with Gasteiger partial charge >= 0.3 is 0 Å². The molecule has 134 valence electrons. The van der Waals surface area contributed by atoms with E-state index >= 15 is 0 Å². The minimum Gasteiger partial charge on any atom is -1.00 e. The number of carbonyl (C=O) groups is 1. The Bertz CT molecular complexity index is 710. The molecule has 0 aliphatic heterocycles. The maximum Gasteiger partial charge on any atom is 0.271 e. The van der Waals surface area contributed by atoms with Crippen molar-refractivity contribution in [3.8, 4) is 5.75 Å². The van der Waals surface area contributed by atoms with Crippen molar-refractivity contribution in [1.82, 2.24) is 0 Å². The summed E-state index contributed by atoms with van der Waals surface area (Å²) in [6, 6.07) is 9.99. The molecule has 1 aromatic heterocycles. The van der Waals surface area contributed by atoms with Crippen LogP contribution in [-0.4, -0.2) is 17.9 Å². The number of amides is 1. The number of nitrogens with zero attached hydrogens (tertiary/aromatic N) is 2. The molecular weight excluding hydrogens is 390 g/mol. The lowest BCUT2D eigenvalue weighted by atomic mass is 10.2. The molecule has 1 aromatic carbocycles. The molecule has 2 rings (SSSR count). The van der Waals surface area contributed by atoms with Crippen LogP contribution in [-0.2, 0) is 11.3 Å². The van der Waals surface area contributed by atoms with Gasteiger partial charge in [0.05, 0.1) is 17.7 Å². The van der Waals surface area contributed by atoms with Gasteiger partial charge in [-0.25, -0.2) is 4.57 Å². The number of benzene rings is 1. The van der Waals surface area contributed by atoms with E-state index in [1.54, 1.807) is 0 Å². The summed E-state index contributed by atoms with van der Waals surface area (Å²) >= 11 is 0. The second kappa shape index (κ2) is 10.4. The number of aryl methyl sites for hydroxylation is 1. The highest BCUT2D eigenvalue weighted by atomic mass is 79.9. The lowest BCUT2D eigenvalue weighted by Gasteiger charge is -2.09. The highest BCUT2D eigenvalue weighted by Gasteiger charge is 2.13. The number of methoxy groups -OCH3 is 1. The Morgan fingerprint density at radius 2 is 1.96 bits per heavy atom. The Morgan fingerprint density at radius 3 is 2.60 bits per heavy atom. The maximum absolute atomic E-state index is 12.0. The van der Waals surface area contributed by atoms with E-state index in [0.29, 0.717) is 17.9 Å². The van der Waals surface area contributed by atoms with Crippen LogP contribution in [0, 0.1) is 10.1 Å². The van der Waals surface area contributed by atoms with E-state index in [0.717, 1.165) is 19.4 Å². The predicted octanol–water partition coefficient (Wildman–Crippen LogP) is -0.296. The maximum atomic E-state index is 12.0. The van der Waals surface area contributed by atoms with Crippen molar-refractivity contribution in [2.45, 2.75) is 25.8 Å². The molecule has 0 unspecified atom stereocenters. The summed E-state index contributed by atoms with van der Waals surface area (Å²) in [5.74, 6) is 0.209. The molecule has 0 atom stereocenters. The quantitative estimate of drug-likeness (QED) is 0.281. The fourth-order valence-electron chi connectivity index (χ4n) is 2.28. The molecule has 1 amide bonds. The third-order valence-electron chi connectivity index (χ3n) is 3.52. The summed E-state index contributed by atoms with van der Waals surface area (Å²) in [7, 11) is 1.45. The van der Waals surface area contributed by atoms with Gasteiger partial charge < -0.3 is 27.0 Å². The third kappa shape index (κ3) is 6.50. The number of nitrogens with one attached hydrogen (secondary N) is 1. The first-order valence-corrected chi connectivity index (χ1v) is 7.66. The summed E-state index contributed by atoms with van der Waals surface area (Å²) in [6.07, 6.45) is 5.90. The van der Waals surface area contributed by atoms with Crippen LogP contribution >= 0.6 is 0 Å². The number of carbonyl (C=O) groups excluding carboxylic acids is 1. The Morgan fingerprint density at radius 1 is 1.24 bits per heavy atom. The highest BCUT2D eigenvalue weighted by molar-refractivity contribution is 5.92. The minimum absolute atomic E-state index is 0. The highest BCUT2D eigenvalue weighted by Crippen LogP contribution is 2.28. The second-order valence-corrected chi connectivity index (χ2v) is 5.26. The first-order valence-electron chi connectivity index (χ1n) is 7.66. The van der Waals surface area contributed by atoms with Crippen molar-refractivity contribution in [3.63, 3.8) is 0 Å². The van der Waals surface area contributed by atoms with Crippen LogP contribution in [0.25, 0.3) is 0 Å². The molecule has 0 spiro atoms. The number of hydrogen-bond acceptors (Lipinski definition) is 4. The smallest absolute Gasteiger partial charge is 0.271 e. The number of ether oxygens (including phenoxy) is 1. The lowest BCUT2D eigenvalue weighted by molar-refractivity contribution is -0.697. The van der Waals surface area contributed by atoms with Crippen LogP contribution in [0.4, 0.5) is 11.4 Å². The number of non-ortho nitro benzene ring substituents is 1. The van der Waals surface area contributed by atoms with E-state index in [1.165, 1.54) is 25.3 Å². The molecular formula is C17H20BrN3O4. The summed E-state index contributed by atoms with van der Waals surface area (Å²) in [4.78, 5) is 22.4. The number of nitro groups is 1. The molecule has 1 N–H and O–H groups in total. The van der Waals surface area contributed by atoms with E-state index in [4.69, 9.17) is 4.74 Å². The zero-order chi connectivity index (χ0) is 17.4. The lowest BCUT2D eigenvalue weighted by Crippen LogP contribution is -3.00. The average molecular weight is 410 g/mol. The van der Waals surface area contributed by atoms with Crippen molar-refractivity contribution in [2.24, 2.45) is 0 Å². The number of anilines is 1. The van der Waals surface area contributed by atoms with Gasteiger partial charge in [-0.3, -0.25) is 14.9 Å². The van der Waals surface area contributed by atoms with Gasteiger partial charge in [0, 0.05) is 37.1 Å². The van der Waals surface area contributed by atoms with Gasteiger partial charge in [0.25, 0.3) is 5.69 Å². The Hall–Kier alpha value is -2.48. The topological polar surface area (TPSA) is 85.3 Å². The Balaban J connectivity index is 0.00000312. The Labute approximate surface area is 156 Å². The Kier molecular flexibility index (Phi) is 8.55. The van der Waals surface area contributed by atoms with Crippen LogP contribution in [0.1, 0.15) is 19.3 Å². The van der Waals surface area contributed by atoms with Crippen molar-refractivity contribution in [2.75, 3.05) is 12.4 Å². The number of pyridine rings is 1. The molecule has 7 nitrogen and oxygen atoms in total. The van der Waals surface area contributed by atoms with Crippen molar-refractivity contribution >= 4 is 17.3 Å². The molecule has 25 heavy (non-hydrogen) atoms. The van der Waals surface area contributed by atoms with E-state index < -0.39 is 4.92 Å². The minimum atomic E-state index is -0.508. The largest absolute Gasteiger partial charge is 1.00 e. The van der Waals surface area contributed by atoms with E-state index in [1.807, 2.05) is 30.6 Å². The summed E-state index contributed by atoms with van der Waals surface area (Å²) in [5, 5.41) is 13.5. The summed E-state index contributed by atoms with van der Waals surface area (Å²) in [6.45, 7) is 0.842. The number of hydrogen-bond donors (Lipinski definition) is 1. The molecule has 1 heterocycles. The number of unbranched alkanes of at least 4 members (excludes halogenated alkanes) is 1. The SMILES string of the molecule is COc1ccc([N+](=O)[O-])cc1NC(=O)CCCC[n+]1ccccc1.[Br-]. The predicted molar refractivity (Wildman–Crippen MR) is 88.8 cm³/mol. The summed E-state index contributed by atoms with van der Waals surface area (Å²) < 4.78 is 7.18. The van der Waals surface area contributed by atoms with Crippen molar-refractivity contribution < 1.29 is 36.0 Å². The standard InChI is InChI=1S/C17H19N3O4.BrH/c1-24-16-9-8-14(20(22)23)13-15(16)18-17(21)7-3-6-12-19-10-4-2-5-11-19;/h2,4-5,8-11,13H,3,6-7,12H2,1H3;1H. The molecule has 0 radical (unpaired) electrons. The number of nitro benzene ring substituents is 1. The molecule has 0 fully saturated rings. The van der Waals surface area contributed by atoms with E-state index in [9.17, 15) is 14.9 Å². The molecule has 0 aliphatic carbocycles. The molecule has 0 aliphatic rings. The molecule has 8 heteroatoms. The van der Waals surface area contributed by atoms with Gasteiger partial charge in [0.2, 0.25) is 5.91 Å². The second-order valence-electron chi connectivity index (χ2n) is 5.26. The van der Waals surface area contributed by atoms with Crippen LogP contribution in [0.3, 0.4) is 0 Å². The monoisotopic (exact) mass is 409 g/mol. The van der Waals surface area contributed by atoms with Crippen LogP contribution in [0.2, 0.25) is 0 Å². The van der Waals surface area contributed by atoms with Crippen LogP contribution < -0.4 is 31.6 Å². The fraction of sp³-hybridized carbons (Fsp3) is 0.294. The fourth-order valence-corrected chi connectivity index (χ4v) is 2.28. The van der Waals surface area contributed by atoms with Crippen LogP contribution in [0.15, 0.2) is 48.8 Å². The third-order valence-corrected chi connectivity index (χ3v) is 3.52. The average Bonchev–Trinajstić information content (AvgIpc) is 2.59. The van der Waals surface area contributed by atoms with Crippen molar-refractivity contribution in [1.29, 1.82) is 0 Å². The van der Waals surface area contributed by atoms with Crippen molar-refractivity contribution in [3.05, 3.63) is 58.9 Å². The van der Waals surface area contributed by atoms with E-state index in [2.05, 4.69) is 9.88 Å². The van der Waals surface area contributed by atoms with Crippen LogP contribution in [0.5, 0.6) is 5.75 Å². The normalized spacial score (nSPS) is 9.80. The van der Waals surface area contributed by atoms with Gasteiger partial charge in [-0.2, -0.15) is 0 Å². The zero-order valence-electron chi connectivity index (χ0n) is 13.9. The van der Waals surface area contributed by atoms with Gasteiger partial charge in [0.1, 0.15) is 12.3 Å². The number of halogens is 1.